The molecule has 0 saturated heterocycles. The standard InChI is InChI=1S/C12H12N2O4/c1-8-3-4-12(11(5-8)14(15)16)17-7-10-6-9(2)18-13-10/h3-6H,7H2,1-2H3. The fourth-order valence-corrected chi connectivity index (χ4v) is 1.53. The number of nitro benzene ring substituents is 1. The van der Waals surface area contributed by atoms with Crippen molar-refractivity contribution in [2.24, 2.45) is 0 Å². The number of aryl methyl sites for hydroxylation is 2. The molecule has 0 amide bonds. The van der Waals surface area contributed by atoms with E-state index in [2.05, 4.69) is 5.16 Å². The molecule has 18 heavy (non-hydrogen) atoms. The van der Waals surface area contributed by atoms with Gasteiger partial charge in [0.2, 0.25) is 0 Å². The maximum Gasteiger partial charge on any atom is 0.311 e. The van der Waals surface area contributed by atoms with Crippen molar-refractivity contribution >= 4 is 5.69 Å². The lowest BCUT2D eigenvalue weighted by Gasteiger charge is -2.05. The van der Waals surface area contributed by atoms with Crippen LogP contribution in [0.15, 0.2) is 28.8 Å². The van der Waals surface area contributed by atoms with Gasteiger partial charge in [0.1, 0.15) is 18.1 Å². The summed E-state index contributed by atoms with van der Waals surface area (Å²) in [6.45, 7) is 3.70. The first-order valence-corrected chi connectivity index (χ1v) is 5.36. The van der Waals surface area contributed by atoms with E-state index in [1.54, 1.807) is 32.0 Å². The fraction of sp³-hybridized carbons (Fsp3) is 0.250. The first kappa shape index (κ1) is 12.1. The second kappa shape index (κ2) is 4.87. The van der Waals surface area contributed by atoms with Crippen molar-refractivity contribution < 1.29 is 14.2 Å². The second-order valence-corrected chi connectivity index (χ2v) is 3.95. The van der Waals surface area contributed by atoms with E-state index >= 15 is 0 Å². The van der Waals surface area contributed by atoms with Gasteiger partial charge in [-0.2, -0.15) is 0 Å². The van der Waals surface area contributed by atoms with Crippen LogP contribution in [0.5, 0.6) is 5.75 Å². The molecular weight excluding hydrogens is 236 g/mol. The highest BCUT2D eigenvalue weighted by Gasteiger charge is 2.15. The van der Waals surface area contributed by atoms with Crippen molar-refractivity contribution in [1.29, 1.82) is 0 Å². The number of hydrogen-bond acceptors (Lipinski definition) is 5. The molecule has 0 bridgehead atoms. The summed E-state index contributed by atoms with van der Waals surface area (Å²) in [6.07, 6.45) is 0. The monoisotopic (exact) mass is 248 g/mol. The molecule has 0 fully saturated rings. The molecule has 0 unspecified atom stereocenters. The minimum absolute atomic E-state index is 0.0461. The maximum atomic E-state index is 10.9. The quantitative estimate of drug-likeness (QED) is 0.614. The fourth-order valence-electron chi connectivity index (χ4n) is 1.53. The molecule has 2 aromatic rings. The van der Waals surface area contributed by atoms with Crippen LogP contribution in [0.1, 0.15) is 17.0 Å². The predicted octanol–water partition coefficient (Wildman–Crippen LogP) is 2.78. The summed E-state index contributed by atoms with van der Waals surface area (Å²) in [5.74, 6) is 0.901. The zero-order valence-corrected chi connectivity index (χ0v) is 10.0. The Hall–Kier alpha value is -2.37. The molecule has 0 saturated carbocycles. The van der Waals surface area contributed by atoms with Crippen molar-refractivity contribution in [2.45, 2.75) is 20.5 Å². The maximum absolute atomic E-state index is 10.9. The molecule has 0 radical (unpaired) electrons. The van der Waals surface area contributed by atoms with Crippen LogP contribution in [0, 0.1) is 24.0 Å². The second-order valence-electron chi connectivity index (χ2n) is 3.95. The number of nitrogens with zero attached hydrogens (tertiary/aromatic N) is 2. The SMILES string of the molecule is Cc1ccc(OCc2cc(C)on2)c([N+](=O)[O-])c1. The van der Waals surface area contributed by atoms with Crippen LogP contribution >= 0.6 is 0 Å². The van der Waals surface area contributed by atoms with Gasteiger partial charge >= 0.3 is 5.69 Å². The van der Waals surface area contributed by atoms with Gasteiger partial charge in [0.15, 0.2) is 5.75 Å². The van der Waals surface area contributed by atoms with Gasteiger partial charge in [-0.1, -0.05) is 11.2 Å². The molecule has 6 nitrogen and oxygen atoms in total. The van der Waals surface area contributed by atoms with E-state index in [9.17, 15) is 10.1 Å². The molecule has 0 atom stereocenters. The minimum Gasteiger partial charge on any atom is -0.480 e. The molecule has 0 aliphatic rings. The molecule has 1 aromatic heterocycles. The van der Waals surface area contributed by atoms with Crippen LogP contribution in [0.3, 0.4) is 0 Å². The topological polar surface area (TPSA) is 78.4 Å². The third-order valence-electron chi connectivity index (χ3n) is 2.36. The summed E-state index contributed by atoms with van der Waals surface area (Å²) < 4.78 is 10.3. The molecule has 6 heteroatoms. The Kier molecular flexibility index (Phi) is 3.27. The van der Waals surface area contributed by atoms with Gasteiger partial charge in [-0.25, -0.2) is 0 Å². The lowest BCUT2D eigenvalue weighted by molar-refractivity contribution is -0.386. The summed E-state index contributed by atoms with van der Waals surface area (Å²) >= 11 is 0. The molecule has 0 N–H and O–H groups in total. The molecule has 94 valence electrons. The number of rotatable bonds is 4. The van der Waals surface area contributed by atoms with Gasteiger partial charge in [-0.05, 0) is 25.5 Å². The van der Waals surface area contributed by atoms with Crippen molar-refractivity contribution in [3.63, 3.8) is 0 Å². The lowest BCUT2D eigenvalue weighted by Crippen LogP contribution is -1.99. The number of ether oxygens (including phenoxy) is 1. The van der Waals surface area contributed by atoms with Crippen LogP contribution in [-0.2, 0) is 6.61 Å². The highest BCUT2D eigenvalue weighted by Crippen LogP contribution is 2.28. The minimum atomic E-state index is -0.462. The largest absolute Gasteiger partial charge is 0.480 e. The van der Waals surface area contributed by atoms with Gasteiger partial charge < -0.3 is 9.26 Å². The Balaban J connectivity index is 2.16. The summed E-state index contributed by atoms with van der Waals surface area (Å²) in [5.41, 5.74) is 1.36. The van der Waals surface area contributed by atoms with Crippen molar-refractivity contribution in [3.05, 3.63) is 51.4 Å². The molecule has 0 aliphatic heterocycles. The Morgan fingerprint density at radius 2 is 2.17 bits per heavy atom. The van der Waals surface area contributed by atoms with E-state index in [1.165, 1.54) is 6.07 Å². The zero-order valence-electron chi connectivity index (χ0n) is 10.0. The molecule has 0 spiro atoms. The number of benzene rings is 1. The van der Waals surface area contributed by atoms with Gasteiger partial charge in [0, 0.05) is 12.1 Å². The number of nitro groups is 1. The average Bonchev–Trinajstić information content (AvgIpc) is 2.73. The van der Waals surface area contributed by atoms with Gasteiger partial charge in [0.05, 0.1) is 4.92 Å². The third kappa shape index (κ3) is 2.65. The van der Waals surface area contributed by atoms with Gasteiger partial charge in [-0.15, -0.1) is 0 Å². The van der Waals surface area contributed by atoms with Crippen LogP contribution in [0.4, 0.5) is 5.69 Å². The summed E-state index contributed by atoms with van der Waals surface area (Å²) in [4.78, 5) is 10.4. The smallest absolute Gasteiger partial charge is 0.311 e. The summed E-state index contributed by atoms with van der Waals surface area (Å²) in [7, 11) is 0. The Bertz CT molecular complexity index is 577. The van der Waals surface area contributed by atoms with Crippen LogP contribution in [0.25, 0.3) is 0 Å². The van der Waals surface area contributed by atoms with E-state index < -0.39 is 4.92 Å². The summed E-state index contributed by atoms with van der Waals surface area (Å²) in [5, 5.41) is 14.6. The Morgan fingerprint density at radius 3 is 2.78 bits per heavy atom. The molecule has 0 aliphatic carbocycles. The van der Waals surface area contributed by atoms with Gasteiger partial charge in [0.25, 0.3) is 0 Å². The third-order valence-corrected chi connectivity index (χ3v) is 2.36. The van der Waals surface area contributed by atoms with E-state index in [-0.39, 0.29) is 18.0 Å². The van der Waals surface area contributed by atoms with E-state index in [0.29, 0.717) is 11.5 Å². The Morgan fingerprint density at radius 1 is 1.39 bits per heavy atom. The average molecular weight is 248 g/mol. The number of hydrogen-bond donors (Lipinski definition) is 0. The van der Waals surface area contributed by atoms with Crippen LogP contribution < -0.4 is 4.74 Å². The van der Waals surface area contributed by atoms with Crippen molar-refractivity contribution in [2.75, 3.05) is 0 Å². The van der Waals surface area contributed by atoms with Crippen LogP contribution in [-0.4, -0.2) is 10.1 Å². The van der Waals surface area contributed by atoms with E-state index in [4.69, 9.17) is 9.26 Å². The molecule has 1 aromatic carbocycles. The van der Waals surface area contributed by atoms with Crippen LogP contribution in [0.2, 0.25) is 0 Å². The molecular formula is C12H12N2O4. The van der Waals surface area contributed by atoms with Gasteiger partial charge in [-0.3, -0.25) is 10.1 Å². The molecule has 2 rings (SSSR count). The number of aromatic nitrogens is 1. The van der Waals surface area contributed by atoms with E-state index in [0.717, 1.165) is 5.56 Å². The van der Waals surface area contributed by atoms with Crippen molar-refractivity contribution in [3.8, 4) is 5.75 Å². The normalized spacial score (nSPS) is 10.3. The lowest BCUT2D eigenvalue weighted by atomic mass is 10.2. The summed E-state index contributed by atoms with van der Waals surface area (Å²) in [6, 6.07) is 6.54. The first-order chi connectivity index (χ1) is 8.56. The Labute approximate surface area is 103 Å². The molecule has 1 heterocycles. The predicted molar refractivity (Wildman–Crippen MR) is 63.4 cm³/mol. The van der Waals surface area contributed by atoms with E-state index in [1.807, 2.05) is 0 Å². The zero-order chi connectivity index (χ0) is 13.1. The first-order valence-electron chi connectivity index (χ1n) is 5.36. The van der Waals surface area contributed by atoms with Crippen molar-refractivity contribution in [1.82, 2.24) is 5.16 Å². The highest BCUT2D eigenvalue weighted by molar-refractivity contribution is 5.48. The highest BCUT2D eigenvalue weighted by atomic mass is 16.6.